The van der Waals surface area contributed by atoms with Gasteiger partial charge in [-0.15, -0.1) is 0 Å². The lowest BCUT2D eigenvalue weighted by atomic mass is 10.1. The topological polar surface area (TPSA) is 24.5 Å². The van der Waals surface area contributed by atoms with Crippen LogP contribution in [-0.4, -0.2) is 31.1 Å². The molecule has 2 aliphatic rings. The minimum atomic E-state index is 0.767. The number of rotatable bonds is 2. The summed E-state index contributed by atoms with van der Waals surface area (Å²) in [5.41, 5.74) is 3.92. The van der Waals surface area contributed by atoms with Crippen molar-refractivity contribution in [3.63, 3.8) is 0 Å². The normalized spacial score (nSPS) is 19.5. The summed E-state index contributed by atoms with van der Waals surface area (Å²) in [5, 5.41) is 3.39. The minimum Gasteiger partial charge on any atom is -0.489 e. The highest BCUT2D eigenvalue weighted by atomic mass is 16.5. The van der Waals surface area contributed by atoms with Crippen molar-refractivity contribution < 1.29 is 4.74 Å². The summed E-state index contributed by atoms with van der Waals surface area (Å²) in [4.78, 5) is 2.49. The van der Waals surface area contributed by atoms with Gasteiger partial charge in [-0.2, -0.15) is 0 Å². The monoisotopic (exact) mass is 244 g/mol. The van der Waals surface area contributed by atoms with Crippen molar-refractivity contribution in [1.82, 2.24) is 4.90 Å². The zero-order valence-corrected chi connectivity index (χ0v) is 10.9. The first-order valence-electron chi connectivity index (χ1n) is 6.69. The second kappa shape index (κ2) is 5.02. The molecule has 0 bridgehead atoms. The number of hydrogen-bond acceptors (Lipinski definition) is 3. The fourth-order valence-corrected chi connectivity index (χ4v) is 2.72. The molecule has 2 heterocycles. The zero-order valence-electron chi connectivity index (χ0n) is 10.9. The van der Waals surface area contributed by atoms with Crippen LogP contribution in [0.4, 0.5) is 5.69 Å². The van der Waals surface area contributed by atoms with E-state index >= 15 is 0 Å². The quantitative estimate of drug-likeness (QED) is 0.809. The summed E-state index contributed by atoms with van der Waals surface area (Å²) in [6, 6.07) is 6.39. The fraction of sp³-hybridized carbons (Fsp3) is 0.467. The molecule has 0 fully saturated rings. The van der Waals surface area contributed by atoms with Crippen molar-refractivity contribution in [1.29, 1.82) is 0 Å². The third-order valence-electron chi connectivity index (χ3n) is 3.57. The lowest BCUT2D eigenvalue weighted by molar-refractivity contribution is 0.268. The molecule has 0 saturated heterocycles. The van der Waals surface area contributed by atoms with E-state index in [-0.39, 0.29) is 0 Å². The predicted octanol–water partition coefficient (Wildman–Crippen LogP) is 2.64. The van der Waals surface area contributed by atoms with Gasteiger partial charge < -0.3 is 10.1 Å². The maximum Gasteiger partial charge on any atom is 0.146 e. The van der Waals surface area contributed by atoms with Gasteiger partial charge in [0.05, 0.1) is 5.69 Å². The van der Waals surface area contributed by atoms with Crippen LogP contribution in [0.25, 0.3) is 0 Å². The van der Waals surface area contributed by atoms with Gasteiger partial charge in [-0.3, -0.25) is 4.90 Å². The van der Waals surface area contributed by atoms with E-state index < -0.39 is 0 Å². The largest absolute Gasteiger partial charge is 0.489 e. The molecule has 18 heavy (non-hydrogen) atoms. The Balaban J connectivity index is 1.78. The van der Waals surface area contributed by atoms with E-state index in [1.807, 2.05) is 0 Å². The van der Waals surface area contributed by atoms with Crippen LogP contribution < -0.4 is 10.1 Å². The number of benzene rings is 1. The highest BCUT2D eigenvalue weighted by molar-refractivity contribution is 5.61. The summed E-state index contributed by atoms with van der Waals surface area (Å²) in [7, 11) is 0. The highest BCUT2D eigenvalue weighted by Crippen LogP contribution is 2.32. The lowest BCUT2D eigenvalue weighted by Crippen LogP contribution is -2.29. The van der Waals surface area contributed by atoms with Gasteiger partial charge in [-0.25, -0.2) is 0 Å². The van der Waals surface area contributed by atoms with Gasteiger partial charge >= 0.3 is 0 Å². The Kier molecular flexibility index (Phi) is 3.24. The van der Waals surface area contributed by atoms with Crippen molar-refractivity contribution in [3.05, 3.63) is 35.4 Å². The second-order valence-corrected chi connectivity index (χ2v) is 5.12. The Labute approximate surface area is 108 Å². The Bertz CT molecular complexity index is 468. The average Bonchev–Trinajstić information content (AvgIpc) is 2.39. The molecule has 0 amide bonds. The van der Waals surface area contributed by atoms with Gasteiger partial charge in [0.25, 0.3) is 0 Å². The minimum absolute atomic E-state index is 0.767. The van der Waals surface area contributed by atoms with E-state index in [0.717, 1.165) is 44.2 Å². The van der Waals surface area contributed by atoms with Crippen LogP contribution in [0.15, 0.2) is 29.8 Å². The van der Waals surface area contributed by atoms with Crippen molar-refractivity contribution in [2.24, 2.45) is 0 Å². The van der Waals surface area contributed by atoms with Crippen molar-refractivity contribution in [2.45, 2.75) is 19.9 Å². The van der Waals surface area contributed by atoms with E-state index in [0.29, 0.717) is 0 Å². The molecule has 0 radical (unpaired) electrons. The van der Waals surface area contributed by atoms with E-state index in [1.165, 1.54) is 17.6 Å². The third-order valence-corrected chi connectivity index (χ3v) is 3.57. The molecule has 0 aliphatic carbocycles. The first kappa shape index (κ1) is 11.6. The Morgan fingerprint density at radius 3 is 3.22 bits per heavy atom. The van der Waals surface area contributed by atoms with Crippen LogP contribution in [0.1, 0.15) is 18.9 Å². The second-order valence-electron chi connectivity index (χ2n) is 5.12. The van der Waals surface area contributed by atoms with Crippen molar-refractivity contribution in [2.75, 3.05) is 31.6 Å². The van der Waals surface area contributed by atoms with Gasteiger partial charge in [-0.1, -0.05) is 23.8 Å². The summed E-state index contributed by atoms with van der Waals surface area (Å²) in [6.07, 6.45) is 3.51. The van der Waals surface area contributed by atoms with E-state index in [9.17, 15) is 0 Å². The van der Waals surface area contributed by atoms with Crippen LogP contribution in [0.5, 0.6) is 5.75 Å². The van der Waals surface area contributed by atoms with E-state index in [4.69, 9.17) is 4.74 Å². The molecule has 0 aromatic heterocycles. The molecule has 1 N–H and O–H groups in total. The first-order valence-corrected chi connectivity index (χ1v) is 6.69. The number of nitrogens with zero attached hydrogens (tertiary/aromatic N) is 1. The third kappa shape index (κ3) is 2.36. The zero-order chi connectivity index (χ0) is 12.4. The number of nitrogens with one attached hydrogen (secondary N) is 1. The van der Waals surface area contributed by atoms with Gasteiger partial charge in [-0.05, 0) is 19.4 Å². The average molecular weight is 244 g/mol. The molecule has 96 valence electrons. The van der Waals surface area contributed by atoms with Gasteiger partial charge in [0.2, 0.25) is 0 Å². The SMILES string of the molecule is CC1=CCCN(Cc2cccc3c2OCCN3)C1. The standard InChI is InChI=1S/C15H20N2O/c1-12-4-3-8-17(10-12)11-13-5-2-6-14-15(13)18-9-7-16-14/h2,4-6,16H,3,7-11H2,1H3. The number of anilines is 1. The molecule has 0 unspecified atom stereocenters. The van der Waals surface area contributed by atoms with Crippen LogP contribution >= 0.6 is 0 Å². The molecule has 3 rings (SSSR count). The summed E-state index contributed by atoms with van der Waals surface area (Å²) in [6.45, 7) is 7.09. The number of ether oxygens (including phenoxy) is 1. The van der Waals surface area contributed by atoms with Crippen LogP contribution in [0.2, 0.25) is 0 Å². The van der Waals surface area contributed by atoms with E-state index in [1.54, 1.807) is 0 Å². The molecule has 1 aromatic carbocycles. The first-order chi connectivity index (χ1) is 8.83. The summed E-state index contributed by atoms with van der Waals surface area (Å²) in [5.74, 6) is 1.05. The maximum absolute atomic E-state index is 5.82. The van der Waals surface area contributed by atoms with Crippen LogP contribution in [0, 0.1) is 0 Å². The number of fused-ring (bicyclic) bond motifs is 1. The van der Waals surface area contributed by atoms with Gasteiger partial charge in [0, 0.05) is 31.7 Å². The molecule has 2 aliphatic heterocycles. The molecule has 3 nitrogen and oxygen atoms in total. The Hall–Kier alpha value is -1.48. The molecular formula is C15H20N2O. The summed E-state index contributed by atoms with van der Waals surface area (Å²) >= 11 is 0. The van der Waals surface area contributed by atoms with Gasteiger partial charge in [0.15, 0.2) is 0 Å². The lowest BCUT2D eigenvalue weighted by Gasteiger charge is -2.28. The number of hydrogen-bond donors (Lipinski definition) is 1. The predicted molar refractivity (Wildman–Crippen MR) is 74.1 cm³/mol. The fourth-order valence-electron chi connectivity index (χ4n) is 2.72. The van der Waals surface area contributed by atoms with Crippen molar-refractivity contribution in [3.8, 4) is 5.75 Å². The maximum atomic E-state index is 5.82. The molecule has 0 atom stereocenters. The van der Waals surface area contributed by atoms with Gasteiger partial charge in [0.1, 0.15) is 12.4 Å². The highest BCUT2D eigenvalue weighted by Gasteiger charge is 2.17. The Morgan fingerprint density at radius 2 is 2.33 bits per heavy atom. The van der Waals surface area contributed by atoms with Crippen molar-refractivity contribution >= 4 is 5.69 Å². The molecule has 3 heteroatoms. The van der Waals surface area contributed by atoms with Crippen LogP contribution in [0.3, 0.4) is 0 Å². The smallest absolute Gasteiger partial charge is 0.146 e. The van der Waals surface area contributed by atoms with Crippen LogP contribution in [-0.2, 0) is 6.54 Å². The molecular weight excluding hydrogens is 224 g/mol. The van der Waals surface area contributed by atoms with E-state index in [2.05, 4.69) is 41.4 Å². The molecule has 0 spiro atoms. The Morgan fingerprint density at radius 1 is 1.39 bits per heavy atom. The number of para-hydroxylation sites is 1. The molecule has 0 saturated carbocycles. The summed E-state index contributed by atoms with van der Waals surface area (Å²) < 4.78 is 5.82. The molecule has 1 aromatic rings.